The maximum atomic E-state index is 12.1. The number of likely N-dealkylation sites (tertiary alicyclic amines) is 1. The summed E-state index contributed by atoms with van der Waals surface area (Å²) in [6.07, 6.45) is -0.141. The van der Waals surface area contributed by atoms with Gasteiger partial charge in [0.1, 0.15) is 0 Å². The number of nitrogens with zero attached hydrogens (tertiary/aromatic N) is 1. The second kappa shape index (κ2) is 4.48. The highest BCUT2D eigenvalue weighted by atomic mass is 16.6. The van der Waals surface area contributed by atoms with Crippen LogP contribution in [-0.4, -0.2) is 42.8 Å². The summed E-state index contributed by atoms with van der Waals surface area (Å²) in [5.74, 6) is 1.55. The SMILES string of the molecule is CC(C)COC(=O)N1CC2CNCC2C1(C)C. The Hall–Kier alpha value is -0.770. The molecule has 0 radical (unpaired) electrons. The molecule has 4 nitrogen and oxygen atoms in total. The molecule has 2 saturated heterocycles. The highest BCUT2D eigenvalue weighted by Crippen LogP contribution is 2.40. The molecule has 0 aromatic rings. The predicted molar refractivity (Wildman–Crippen MR) is 66.8 cm³/mol. The van der Waals surface area contributed by atoms with Gasteiger partial charge in [0.25, 0.3) is 0 Å². The Labute approximate surface area is 104 Å². The minimum absolute atomic E-state index is 0.0811. The van der Waals surface area contributed by atoms with E-state index in [1.54, 1.807) is 0 Å². The van der Waals surface area contributed by atoms with Crippen LogP contribution < -0.4 is 5.32 Å². The van der Waals surface area contributed by atoms with Gasteiger partial charge in [-0.2, -0.15) is 0 Å². The maximum Gasteiger partial charge on any atom is 0.410 e. The first kappa shape index (κ1) is 12.7. The van der Waals surface area contributed by atoms with Crippen molar-refractivity contribution in [3.63, 3.8) is 0 Å². The molecule has 98 valence electrons. The summed E-state index contributed by atoms with van der Waals surface area (Å²) in [5.41, 5.74) is -0.0811. The van der Waals surface area contributed by atoms with Crippen LogP contribution in [0.1, 0.15) is 27.7 Å². The Balaban J connectivity index is 2.00. The van der Waals surface area contributed by atoms with Crippen molar-refractivity contribution in [1.29, 1.82) is 0 Å². The molecule has 2 rings (SSSR count). The summed E-state index contributed by atoms with van der Waals surface area (Å²) in [7, 11) is 0. The van der Waals surface area contributed by atoms with Crippen LogP contribution in [0, 0.1) is 17.8 Å². The number of carbonyl (C=O) groups is 1. The van der Waals surface area contributed by atoms with Gasteiger partial charge in [-0.15, -0.1) is 0 Å². The molecule has 17 heavy (non-hydrogen) atoms. The quantitative estimate of drug-likeness (QED) is 0.799. The minimum atomic E-state index is -0.141. The normalized spacial score (nSPS) is 30.8. The van der Waals surface area contributed by atoms with Crippen LogP contribution in [0.3, 0.4) is 0 Å². The van der Waals surface area contributed by atoms with Crippen LogP contribution in [-0.2, 0) is 4.74 Å². The topological polar surface area (TPSA) is 41.6 Å². The smallest absolute Gasteiger partial charge is 0.410 e. The first-order chi connectivity index (χ1) is 7.93. The molecule has 0 aromatic heterocycles. The molecule has 2 heterocycles. The molecule has 0 aromatic carbocycles. The van der Waals surface area contributed by atoms with Crippen molar-refractivity contribution < 1.29 is 9.53 Å². The summed E-state index contributed by atoms with van der Waals surface area (Å²) in [5, 5.41) is 3.41. The van der Waals surface area contributed by atoms with Crippen LogP contribution in [0.25, 0.3) is 0 Å². The van der Waals surface area contributed by atoms with Gasteiger partial charge in [0.2, 0.25) is 0 Å². The van der Waals surface area contributed by atoms with Crippen LogP contribution in [0.15, 0.2) is 0 Å². The van der Waals surface area contributed by atoms with Crippen molar-refractivity contribution in [1.82, 2.24) is 10.2 Å². The molecule has 2 aliphatic heterocycles. The van der Waals surface area contributed by atoms with E-state index in [-0.39, 0.29) is 11.6 Å². The zero-order valence-electron chi connectivity index (χ0n) is 11.3. The van der Waals surface area contributed by atoms with Gasteiger partial charge in [0.15, 0.2) is 0 Å². The second-order valence-electron chi connectivity index (χ2n) is 6.26. The lowest BCUT2D eigenvalue weighted by Crippen LogP contribution is -2.48. The fourth-order valence-corrected chi connectivity index (χ4v) is 3.05. The molecular weight excluding hydrogens is 216 g/mol. The van der Waals surface area contributed by atoms with Gasteiger partial charge in [-0.3, -0.25) is 0 Å². The van der Waals surface area contributed by atoms with Crippen LogP contribution in [0.4, 0.5) is 4.79 Å². The highest BCUT2D eigenvalue weighted by molar-refractivity contribution is 5.69. The third-order valence-corrected chi connectivity index (χ3v) is 4.12. The van der Waals surface area contributed by atoms with E-state index >= 15 is 0 Å². The number of amides is 1. The number of ether oxygens (including phenoxy) is 1. The van der Waals surface area contributed by atoms with Gasteiger partial charge >= 0.3 is 6.09 Å². The minimum Gasteiger partial charge on any atom is -0.449 e. The Bertz CT molecular complexity index is 302. The molecule has 0 bridgehead atoms. The average molecular weight is 240 g/mol. The van der Waals surface area contributed by atoms with E-state index in [0.717, 1.165) is 19.6 Å². The number of nitrogens with one attached hydrogen (secondary N) is 1. The zero-order valence-corrected chi connectivity index (χ0v) is 11.3. The van der Waals surface area contributed by atoms with Crippen LogP contribution in [0.2, 0.25) is 0 Å². The molecule has 1 N–H and O–H groups in total. The van der Waals surface area contributed by atoms with E-state index in [2.05, 4.69) is 33.0 Å². The second-order valence-corrected chi connectivity index (χ2v) is 6.26. The fourth-order valence-electron chi connectivity index (χ4n) is 3.05. The molecule has 0 spiro atoms. The lowest BCUT2D eigenvalue weighted by Gasteiger charge is -2.34. The lowest BCUT2D eigenvalue weighted by atomic mass is 9.85. The van der Waals surface area contributed by atoms with Crippen molar-refractivity contribution in [3.8, 4) is 0 Å². The van der Waals surface area contributed by atoms with Gasteiger partial charge in [-0.05, 0) is 31.6 Å². The molecule has 2 aliphatic rings. The number of fused-ring (bicyclic) bond motifs is 1. The van der Waals surface area contributed by atoms with E-state index in [1.165, 1.54) is 0 Å². The van der Waals surface area contributed by atoms with E-state index in [9.17, 15) is 4.79 Å². The number of rotatable bonds is 2. The first-order valence-corrected chi connectivity index (χ1v) is 6.58. The molecule has 1 amide bonds. The van der Waals surface area contributed by atoms with Crippen molar-refractivity contribution in [3.05, 3.63) is 0 Å². The van der Waals surface area contributed by atoms with E-state index < -0.39 is 0 Å². The summed E-state index contributed by atoms with van der Waals surface area (Å²) < 4.78 is 5.35. The van der Waals surface area contributed by atoms with Crippen molar-refractivity contribution in [2.75, 3.05) is 26.2 Å². The van der Waals surface area contributed by atoms with Gasteiger partial charge in [0, 0.05) is 25.2 Å². The van der Waals surface area contributed by atoms with Crippen molar-refractivity contribution in [2.24, 2.45) is 17.8 Å². The number of hydrogen-bond acceptors (Lipinski definition) is 3. The first-order valence-electron chi connectivity index (χ1n) is 6.58. The van der Waals surface area contributed by atoms with Crippen LogP contribution in [0.5, 0.6) is 0 Å². The molecule has 0 aliphatic carbocycles. The standard InChI is InChI=1S/C13H24N2O2/c1-9(2)8-17-12(16)15-7-10-5-14-6-11(10)13(15,3)4/h9-11,14H,5-8H2,1-4H3. The fraction of sp³-hybridized carbons (Fsp3) is 0.923. The highest BCUT2D eigenvalue weighted by Gasteiger charge is 2.51. The van der Waals surface area contributed by atoms with Crippen LogP contribution >= 0.6 is 0 Å². The van der Waals surface area contributed by atoms with Gasteiger partial charge in [-0.25, -0.2) is 4.79 Å². The van der Waals surface area contributed by atoms with E-state index in [1.807, 2.05) is 4.90 Å². The molecular formula is C13H24N2O2. The molecule has 2 unspecified atom stereocenters. The average Bonchev–Trinajstić information content (AvgIpc) is 2.78. The van der Waals surface area contributed by atoms with Gasteiger partial charge in [-0.1, -0.05) is 13.8 Å². The predicted octanol–water partition coefficient (Wildman–Crippen LogP) is 1.71. The Morgan fingerprint density at radius 2 is 2.18 bits per heavy atom. The Kier molecular flexibility index (Phi) is 3.34. The van der Waals surface area contributed by atoms with E-state index in [0.29, 0.717) is 24.4 Å². The molecule has 2 atom stereocenters. The van der Waals surface area contributed by atoms with E-state index in [4.69, 9.17) is 4.74 Å². The third-order valence-electron chi connectivity index (χ3n) is 4.12. The summed E-state index contributed by atoms with van der Waals surface area (Å²) in [6, 6.07) is 0. The van der Waals surface area contributed by atoms with Gasteiger partial charge in [0.05, 0.1) is 6.61 Å². The third kappa shape index (κ3) is 2.28. The monoisotopic (exact) mass is 240 g/mol. The number of carbonyl (C=O) groups excluding carboxylic acids is 1. The summed E-state index contributed by atoms with van der Waals surface area (Å²) in [4.78, 5) is 14.0. The Morgan fingerprint density at radius 3 is 2.76 bits per heavy atom. The maximum absolute atomic E-state index is 12.1. The zero-order chi connectivity index (χ0) is 12.6. The summed E-state index contributed by atoms with van der Waals surface area (Å²) in [6.45, 7) is 11.8. The van der Waals surface area contributed by atoms with Crippen molar-refractivity contribution >= 4 is 6.09 Å². The molecule has 4 heteroatoms. The lowest BCUT2D eigenvalue weighted by molar-refractivity contribution is 0.0637. The Morgan fingerprint density at radius 1 is 1.47 bits per heavy atom. The molecule has 0 saturated carbocycles. The number of hydrogen-bond donors (Lipinski definition) is 1. The summed E-state index contributed by atoms with van der Waals surface area (Å²) >= 11 is 0. The van der Waals surface area contributed by atoms with Gasteiger partial charge < -0.3 is 15.0 Å². The molecule has 2 fully saturated rings. The van der Waals surface area contributed by atoms with Crippen molar-refractivity contribution in [2.45, 2.75) is 33.2 Å². The largest absolute Gasteiger partial charge is 0.449 e.